The molecule has 2 nitrogen and oxygen atoms in total. The lowest BCUT2D eigenvalue weighted by atomic mass is 10.1. The lowest BCUT2D eigenvalue weighted by Gasteiger charge is -2.10. The first-order valence-corrected chi connectivity index (χ1v) is 12.4. The number of hydrogen-bond acceptors (Lipinski definition) is 2. The van der Waals surface area contributed by atoms with Gasteiger partial charge in [0.1, 0.15) is 0 Å². The summed E-state index contributed by atoms with van der Waals surface area (Å²) in [4.78, 5) is 4.85. The molecule has 3 aromatic heterocycles. The highest BCUT2D eigenvalue weighted by molar-refractivity contribution is 9.10. The highest BCUT2D eigenvalue weighted by Gasteiger charge is 2.18. The maximum atomic E-state index is 4.85. The normalized spacial score (nSPS) is 11.8. The van der Waals surface area contributed by atoms with Gasteiger partial charge in [0, 0.05) is 41.9 Å². The van der Waals surface area contributed by atoms with E-state index in [2.05, 4.69) is 111 Å². The minimum atomic E-state index is 1.05. The van der Waals surface area contributed by atoms with Crippen LogP contribution in [0.1, 0.15) is 0 Å². The van der Waals surface area contributed by atoms with Crippen LogP contribution in [0.2, 0.25) is 0 Å². The first-order valence-electron chi connectivity index (χ1n) is 10.8. The highest BCUT2D eigenvalue weighted by atomic mass is 79.9. The molecule has 0 amide bonds. The third-order valence-corrected chi connectivity index (χ3v) is 7.99. The molecule has 0 fully saturated rings. The maximum absolute atomic E-state index is 4.85. The van der Waals surface area contributed by atoms with Crippen molar-refractivity contribution < 1.29 is 0 Å². The van der Waals surface area contributed by atoms with Crippen molar-refractivity contribution in [3.8, 4) is 16.8 Å². The number of fused-ring (bicyclic) bond motifs is 7. The average Bonchev–Trinajstić information content (AvgIpc) is 3.40. The molecule has 4 heteroatoms. The van der Waals surface area contributed by atoms with Crippen LogP contribution in [-0.2, 0) is 0 Å². The Bertz CT molecular complexity index is 1840. The van der Waals surface area contributed by atoms with E-state index in [-0.39, 0.29) is 0 Å². The van der Waals surface area contributed by atoms with Crippen molar-refractivity contribution in [2.75, 3.05) is 0 Å². The summed E-state index contributed by atoms with van der Waals surface area (Å²) in [5.41, 5.74) is 6.89. The molecule has 0 aliphatic rings. The molecule has 0 saturated carbocycles. The predicted octanol–water partition coefficient (Wildman–Crippen LogP) is 8.98. The van der Waals surface area contributed by atoms with Crippen LogP contribution in [0.3, 0.4) is 0 Å². The standard InChI is InChI=1S/C29H17BrN2S/c30-20-8-3-6-18(16-20)19-7-4-9-21(17-19)32-24-14-13-23-22-10-1-2-12-26(22)33-29(23)27(24)28-25(32)11-5-15-31-28/h1-17H. The van der Waals surface area contributed by atoms with E-state index in [1.54, 1.807) is 0 Å². The second-order valence-corrected chi connectivity index (χ2v) is 10.2. The number of nitrogens with zero attached hydrogens (tertiary/aromatic N) is 2. The van der Waals surface area contributed by atoms with Gasteiger partial charge in [-0.15, -0.1) is 11.3 Å². The lowest BCUT2D eigenvalue weighted by molar-refractivity contribution is 1.18. The summed E-state index contributed by atoms with van der Waals surface area (Å²) in [6, 6.07) is 34.6. The average molecular weight is 505 g/mol. The zero-order valence-corrected chi connectivity index (χ0v) is 19.9. The summed E-state index contributed by atoms with van der Waals surface area (Å²) in [7, 11) is 0. The van der Waals surface area contributed by atoms with E-state index >= 15 is 0 Å². The van der Waals surface area contributed by atoms with Crippen molar-refractivity contribution in [1.82, 2.24) is 9.55 Å². The van der Waals surface area contributed by atoms with E-state index in [9.17, 15) is 0 Å². The van der Waals surface area contributed by atoms with Crippen molar-refractivity contribution in [3.05, 3.63) is 108 Å². The molecule has 156 valence electrons. The molecule has 7 rings (SSSR count). The van der Waals surface area contributed by atoms with Gasteiger partial charge in [-0.05, 0) is 59.7 Å². The molecule has 4 aromatic carbocycles. The van der Waals surface area contributed by atoms with Crippen LogP contribution in [0, 0.1) is 0 Å². The van der Waals surface area contributed by atoms with E-state index < -0.39 is 0 Å². The minimum Gasteiger partial charge on any atom is -0.308 e. The summed E-state index contributed by atoms with van der Waals surface area (Å²) in [6.45, 7) is 0. The Morgan fingerprint density at radius 2 is 1.55 bits per heavy atom. The van der Waals surface area contributed by atoms with E-state index in [0.717, 1.165) is 21.2 Å². The fraction of sp³-hybridized carbons (Fsp3) is 0. The summed E-state index contributed by atoms with van der Waals surface area (Å²) in [5, 5.41) is 3.85. The Kier molecular flexibility index (Phi) is 4.20. The van der Waals surface area contributed by atoms with Crippen LogP contribution in [0.4, 0.5) is 0 Å². The maximum Gasteiger partial charge on any atom is 0.0977 e. The highest BCUT2D eigenvalue weighted by Crippen LogP contribution is 2.42. The van der Waals surface area contributed by atoms with Gasteiger partial charge in [0.25, 0.3) is 0 Å². The Hall–Kier alpha value is -3.47. The Morgan fingerprint density at radius 1 is 0.697 bits per heavy atom. The summed E-state index contributed by atoms with van der Waals surface area (Å²) < 4.78 is 6.05. The monoisotopic (exact) mass is 504 g/mol. The first kappa shape index (κ1) is 19.0. The molecular formula is C29H17BrN2S. The fourth-order valence-corrected chi connectivity index (χ4v) is 6.51. The second kappa shape index (κ2) is 7.27. The molecule has 0 bridgehead atoms. The summed E-state index contributed by atoms with van der Waals surface area (Å²) in [5.74, 6) is 0. The van der Waals surface area contributed by atoms with Crippen molar-refractivity contribution in [1.29, 1.82) is 0 Å². The Labute approximate surface area is 202 Å². The third-order valence-electron chi connectivity index (χ3n) is 6.29. The number of halogens is 1. The fourth-order valence-electron chi connectivity index (χ4n) is 4.86. The van der Waals surface area contributed by atoms with Gasteiger partial charge >= 0.3 is 0 Å². The molecule has 0 unspecified atom stereocenters. The van der Waals surface area contributed by atoms with Crippen LogP contribution >= 0.6 is 27.3 Å². The zero-order chi connectivity index (χ0) is 21.9. The molecule has 0 aliphatic heterocycles. The molecule has 3 heterocycles. The van der Waals surface area contributed by atoms with Crippen LogP contribution in [0.25, 0.3) is 58.9 Å². The third kappa shape index (κ3) is 2.88. The molecule has 0 spiro atoms. The number of thiophene rings is 1. The number of pyridine rings is 1. The minimum absolute atomic E-state index is 1.05. The van der Waals surface area contributed by atoms with Gasteiger partial charge in [-0.1, -0.05) is 64.5 Å². The molecular weight excluding hydrogens is 488 g/mol. The quantitative estimate of drug-likeness (QED) is 0.229. The molecule has 0 N–H and O–H groups in total. The smallest absolute Gasteiger partial charge is 0.0977 e. The van der Waals surface area contributed by atoms with Gasteiger partial charge in [0.2, 0.25) is 0 Å². The molecule has 0 atom stereocenters. The van der Waals surface area contributed by atoms with Crippen LogP contribution in [0.5, 0.6) is 0 Å². The molecule has 0 saturated heterocycles. The Balaban J connectivity index is 1.57. The van der Waals surface area contributed by atoms with E-state index in [1.807, 2.05) is 23.6 Å². The molecule has 7 aromatic rings. The number of hydrogen-bond donors (Lipinski definition) is 0. The zero-order valence-electron chi connectivity index (χ0n) is 17.5. The van der Waals surface area contributed by atoms with Gasteiger partial charge in [0.05, 0.1) is 16.6 Å². The van der Waals surface area contributed by atoms with Gasteiger partial charge < -0.3 is 4.57 Å². The molecule has 0 aliphatic carbocycles. The van der Waals surface area contributed by atoms with Crippen LogP contribution < -0.4 is 0 Å². The van der Waals surface area contributed by atoms with Gasteiger partial charge in [0.15, 0.2) is 0 Å². The van der Waals surface area contributed by atoms with Gasteiger partial charge in [-0.2, -0.15) is 0 Å². The largest absolute Gasteiger partial charge is 0.308 e. The van der Waals surface area contributed by atoms with Crippen molar-refractivity contribution in [2.24, 2.45) is 0 Å². The number of aromatic nitrogens is 2. The predicted molar refractivity (Wildman–Crippen MR) is 145 cm³/mol. The second-order valence-electron chi connectivity index (χ2n) is 8.20. The summed E-state index contributed by atoms with van der Waals surface area (Å²) >= 11 is 5.46. The van der Waals surface area contributed by atoms with Crippen LogP contribution in [0.15, 0.2) is 108 Å². The topological polar surface area (TPSA) is 17.8 Å². The SMILES string of the molecule is Brc1cccc(-c2cccc(-n3c4cccnc4c4c5sc6ccccc6c5ccc43)c2)c1. The van der Waals surface area contributed by atoms with E-state index in [4.69, 9.17) is 4.98 Å². The van der Waals surface area contributed by atoms with Gasteiger partial charge in [-0.25, -0.2) is 0 Å². The van der Waals surface area contributed by atoms with E-state index in [1.165, 1.54) is 42.2 Å². The molecule has 0 radical (unpaired) electrons. The van der Waals surface area contributed by atoms with Crippen molar-refractivity contribution in [3.63, 3.8) is 0 Å². The lowest BCUT2D eigenvalue weighted by Crippen LogP contribution is -1.94. The first-order chi connectivity index (χ1) is 16.3. The Morgan fingerprint density at radius 3 is 2.45 bits per heavy atom. The van der Waals surface area contributed by atoms with E-state index in [0.29, 0.717) is 0 Å². The number of benzene rings is 4. The van der Waals surface area contributed by atoms with Crippen LogP contribution in [-0.4, -0.2) is 9.55 Å². The number of rotatable bonds is 2. The van der Waals surface area contributed by atoms with Gasteiger partial charge in [-0.3, -0.25) is 4.98 Å². The van der Waals surface area contributed by atoms with Crippen molar-refractivity contribution in [2.45, 2.75) is 0 Å². The van der Waals surface area contributed by atoms with Crippen molar-refractivity contribution >= 4 is 69.4 Å². The molecule has 33 heavy (non-hydrogen) atoms. The summed E-state index contributed by atoms with van der Waals surface area (Å²) in [6.07, 6.45) is 1.90.